The molecule has 7 heteroatoms. The van der Waals surface area contributed by atoms with Crippen molar-refractivity contribution < 1.29 is 4.79 Å². The molecule has 7 nitrogen and oxygen atoms in total. The van der Waals surface area contributed by atoms with Crippen molar-refractivity contribution in [3.05, 3.63) is 110 Å². The Morgan fingerprint density at radius 3 is 2.31 bits per heavy atom. The first kappa shape index (κ1) is 26.2. The van der Waals surface area contributed by atoms with Crippen molar-refractivity contribution in [2.24, 2.45) is 4.99 Å². The molecule has 1 aliphatic rings. The largest absolute Gasteiger partial charge is 0.336 e. The number of fused-ring (bicyclic) bond motifs is 3. The zero-order chi connectivity index (χ0) is 27.7. The lowest BCUT2D eigenvalue weighted by molar-refractivity contribution is 0.251. The predicted molar refractivity (Wildman–Crippen MR) is 157 cm³/mol. The highest BCUT2D eigenvalue weighted by Crippen LogP contribution is 2.30. The number of hydrogen-bond acceptors (Lipinski definition) is 3. The van der Waals surface area contributed by atoms with Gasteiger partial charge in [-0.3, -0.25) is 9.13 Å². The quantitative estimate of drug-likeness (QED) is 0.365. The van der Waals surface area contributed by atoms with Gasteiger partial charge in [-0.25, -0.2) is 14.6 Å². The molecule has 1 aliphatic heterocycles. The highest BCUT2D eigenvalue weighted by Gasteiger charge is 2.20. The van der Waals surface area contributed by atoms with Gasteiger partial charge in [0.05, 0.1) is 11.4 Å². The SMILES string of the molecule is Cc1cc(C)c(/N=c2\cc3n(c(=O)n2CCNC(=O)Nc2ccccc2)CCc2cc(C)c(C)cc2-3)c(C)c1. The first-order valence-corrected chi connectivity index (χ1v) is 13.4. The van der Waals surface area contributed by atoms with Gasteiger partial charge in [-0.1, -0.05) is 42.0 Å². The van der Waals surface area contributed by atoms with Gasteiger partial charge in [-0.05, 0) is 87.1 Å². The van der Waals surface area contributed by atoms with Gasteiger partial charge in [0, 0.05) is 37.0 Å². The third-order valence-corrected chi connectivity index (χ3v) is 7.41. The smallest absolute Gasteiger partial charge is 0.330 e. The summed E-state index contributed by atoms with van der Waals surface area (Å²) in [5, 5.41) is 5.70. The first-order chi connectivity index (χ1) is 18.7. The van der Waals surface area contributed by atoms with E-state index in [-0.39, 0.29) is 18.3 Å². The molecule has 4 aromatic rings. The molecule has 2 amide bonds. The van der Waals surface area contributed by atoms with Gasteiger partial charge < -0.3 is 10.6 Å². The van der Waals surface area contributed by atoms with Crippen LogP contribution in [0.3, 0.4) is 0 Å². The van der Waals surface area contributed by atoms with Crippen molar-refractivity contribution in [2.75, 3.05) is 11.9 Å². The van der Waals surface area contributed by atoms with E-state index in [4.69, 9.17) is 4.99 Å². The van der Waals surface area contributed by atoms with E-state index in [0.717, 1.165) is 34.5 Å². The highest BCUT2D eigenvalue weighted by molar-refractivity contribution is 5.89. The number of carbonyl (C=O) groups is 1. The standard InChI is InChI=1S/C32H35N5O2/c1-20-15-23(4)30(24(5)16-20)35-29-19-28-27-18-22(3)21(2)17-25(27)11-13-36(28)32(39)37(29)14-12-33-31(38)34-26-9-7-6-8-10-26/h6-10,15-19H,11-14H2,1-5H3,(H2,33,34,38)/b35-29+. The van der Waals surface area contributed by atoms with Crippen LogP contribution in [0, 0.1) is 34.6 Å². The summed E-state index contributed by atoms with van der Waals surface area (Å²) in [6.07, 6.45) is 0.799. The second-order valence-electron chi connectivity index (χ2n) is 10.4. The zero-order valence-corrected chi connectivity index (χ0v) is 23.3. The Balaban J connectivity index is 1.57. The van der Waals surface area contributed by atoms with E-state index < -0.39 is 0 Å². The summed E-state index contributed by atoms with van der Waals surface area (Å²) in [7, 11) is 0. The van der Waals surface area contributed by atoms with E-state index >= 15 is 0 Å². The van der Waals surface area contributed by atoms with E-state index in [1.165, 1.54) is 22.3 Å². The topological polar surface area (TPSA) is 80.4 Å². The lowest BCUT2D eigenvalue weighted by Gasteiger charge is -2.24. The zero-order valence-electron chi connectivity index (χ0n) is 23.3. The van der Waals surface area contributed by atoms with Gasteiger partial charge in [-0.15, -0.1) is 0 Å². The van der Waals surface area contributed by atoms with Crippen molar-refractivity contribution in [2.45, 2.75) is 54.1 Å². The minimum atomic E-state index is -0.316. The molecule has 0 fully saturated rings. The monoisotopic (exact) mass is 521 g/mol. The number of aromatic nitrogens is 2. The maximum absolute atomic E-state index is 13.9. The lowest BCUT2D eigenvalue weighted by atomic mass is 9.93. The Morgan fingerprint density at radius 1 is 0.897 bits per heavy atom. The minimum absolute atomic E-state index is 0.122. The molecule has 39 heavy (non-hydrogen) atoms. The van der Waals surface area contributed by atoms with Crippen LogP contribution in [0.25, 0.3) is 11.3 Å². The first-order valence-electron chi connectivity index (χ1n) is 13.4. The summed E-state index contributed by atoms with van der Waals surface area (Å²) in [6.45, 7) is 11.6. The van der Waals surface area contributed by atoms with Crippen LogP contribution >= 0.6 is 0 Å². The fourth-order valence-electron chi connectivity index (χ4n) is 5.36. The summed E-state index contributed by atoms with van der Waals surface area (Å²) in [6, 6.07) is 19.6. The summed E-state index contributed by atoms with van der Waals surface area (Å²) in [5.41, 5.74) is 11.0. The molecule has 0 saturated carbocycles. The van der Waals surface area contributed by atoms with Crippen LogP contribution in [0.1, 0.15) is 33.4 Å². The van der Waals surface area contributed by atoms with Crippen molar-refractivity contribution in [1.29, 1.82) is 0 Å². The van der Waals surface area contributed by atoms with Crippen molar-refractivity contribution >= 4 is 17.4 Å². The second kappa shape index (κ2) is 10.8. The molecule has 2 N–H and O–H groups in total. The van der Waals surface area contributed by atoms with Crippen LogP contribution in [0.4, 0.5) is 16.2 Å². The summed E-state index contributed by atoms with van der Waals surface area (Å²) < 4.78 is 3.52. The number of benzene rings is 3. The van der Waals surface area contributed by atoms with Gasteiger partial charge in [-0.2, -0.15) is 0 Å². The summed E-state index contributed by atoms with van der Waals surface area (Å²) in [5.74, 6) is 0. The number of aryl methyl sites for hydroxylation is 6. The number of urea groups is 1. The Bertz CT molecular complexity index is 1670. The van der Waals surface area contributed by atoms with Crippen LogP contribution in [0.5, 0.6) is 0 Å². The van der Waals surface area contributed by atoms with E-state index in [1.54, 1.807) is 4.57 Å². The minimum Gasteiger partial charge on any atom is -0.336 e. The van der Waals surface area contributed by atoms with Crippen LogP contribution in [0.15, 0.2) is 70.5 Å². The fourth-order valence-corrected chi connectivity index (χ4v) is 5.36. The second-order valence-corrected chi connectivity index (χ2v) is 10.4. The van der Waals surface area contributed by atoms with Gasteiger partial charge in [0.15, 0.2) is 0 Å². The van der Waals surface area contributed by atoms with Gasteiger partial charge >= 0.3 is 11.7 Å². The normalized spacial score (nSPS) is 12.6. The highest BCUT2D eigenvalue weighted by atomic mass is 16.2. The van der Waals surface area contributed by atoms with Crippen LogP contribution in [0.2, 0.25) is 0 Å². The maximum Gasteiger partial charge on any atom is 0.330 e. The lowest BCUT2D eigenvalue weighted by Crippen LogP contribution is -2.44. The van der Waals surface area contributed by atoms with Gasteiger partial charge in [0.2, 0.25) is 0 Å². The maximum atomic E-state index is 13.9. The molecule has 0 aliphatic carbocycles. The number of amides is 2. The molecule has 0 bridgehead atoms. The molecule has 200 valence electrons. The molecule has 0 atom stereocenters. The van der Waals surface area contributed by atoms with Crippen LogP contribution < -0.4 is 21.8 Å². The number of hydrogen-bond donors (Lipinski definition) is 2. The summed E-state index contributed by atoms with van der Waals surface area (Å²) in [4.78, 5) is 31.4. The number of carbonyl (C=O) groups excluding carboxylic acids is 1. The van der Waals surface area contributed by atoms with Gasteiger partial charge in [0.1, 0.15) is 5.49 Å². The van der Waals surface area contributed by atoms with Gasteiger partial charge in [0.25, 0.3) is 0 Å². The molecular weight excluding hydrogens is 486 g/mol. The molecule has 1 aromatic heterocycles. The number of anilines is 1. The van der Waals surface area contributed by atoms with Crippen LogP contribution in [-0.4, -0.2) is 21.7 Å². The number of rotatable bonds is 5. The number of nitrogens with one attached hydrogen (secondary N) is 2. The molecule has 3 aromatic carbocycles. The Hall–Kier alpha value is -4.39. The molecule has 0 saturated heterocycles. The predicted octanol–water partition coefficient (Wildman–Crippen LogP) is 5.47. The molecule has 2 heterocycles. The average Bonchev–Trinajstić information content (AvgIpc) is 2.89. The van der Waals surface area contributed by atoms with Crippen molar-refractivity contribution in [3.63, 3.8) is 0 Å². The molecular formula is C32H35N5O2. The molecule has 0 unspecified atom stereocenters. The summed E-state index contributed by atoms with van der Waals surface area (Å²) >= 11 is 0. The van der Waals surface area contributed by atoms with E-state index in [0.29, 0.717) is 24.3 Å². The van der Waals surface area contributed by atoms with Crippen molar-refractivity contribution in [1.82, 2.24) is 14.5 Å². The molecule has 0 radical (unpaired) electrons. The third kappa shape index (κ3) is 5.43. The van der Waals surface area contributed by atoms with E-state index in [2.05, 4.69) is 55.7 Å². The Kier molecular flexibility index (Phi) is 7.24. The molecule has 5 rings (SSSR count). The van der Waals surface area contributed by atoms with Crippen LogP contribution in [-0.2, 0) is 19.5 Å². The molecule has 0 spiro atoms. The Morgan fingerprint density at radius 2 is 1.59 bits per heavy atom. The van der Waals surface area contributed by atoms with E-state index in [1.807, 2.05) is 54.8 Å². The number of nitrogens with zero attached hydrogens (tertiary/aromatic N) is 3. The van der Waals surface area contributed by atoms with Crippen molar-refractivity contribution in [3.8, 4) is 11.3 Å². The Labute approximate surface area is 228 Å². The average molecular weight is 522 g/mol. The third-order valence-electron chi connectivity index (χ3n) is 7.41. The fraction of sp³-hybridized carbons (Fsp3) is 0.281. The van der Waals surface area contributed by atoms with E-state index in [9.17, 15) is 9.59 Å². The number of para-hydroxylation sites is 1.